The Bertz CT molecular complexity index is 963. The maximum Gasteiger partial charge on any atom is 0.322 e. The standard InChI is InChI=1S/C18H19ClFN5O3/c1-10-7-15-12(16-17(26)23(2)28-6-5-25(16)22-15)9-24(10)18(27)21-11-3-4-14(20)13(19)8-11/h3-4,8,10H,5-7,9H2,1-2H3,(H,21,27). The largest absolute Gasteiger partial charge is 0.322 e. The van der Waals surface area contributed by atoms with Gasteiger partial charge in [-0.3, -0.25) is 14.3 Å². The van der Waals surface area contributed by atoms with E-state index in [0.717, 1.165) is 11.3 Å². The number of anilines is 1. The predicted molar refractivity (Wildman–Crippen MR) is 99.4 cm³/mol. The van der Waals surface area contributed by atoms with Crippen molar-refractivity contribution in [3.63, 3.8) is 0 Å². The number of hydrogen-bond donors (Lipinski definition) is 1. The number of carbonyl (C=O) groups excluding carboxylic acids is 2. The predicted octanol–water partition coefficient (Wildman–Crippen LogP) is 2.67. The van der Waals surface area contributed by atoms with Gasteiger partial charge in [-0.15, -0.1) is 0 Å². The first-order chi connectivity index (χ1) is 13.3. The summed E-state index contributed by atoms with van der Waals surface area (Å²) in [6.45, 7) is 2.97. The molecule has 0 bridgehead atoms. The van der Waals surface area contributed by atoms with E-state index < -0.39 is 5.82 Å². The molecule has 0 saturated carbocycles. The average molecular weight is 408 g/mol. The van der Waals surface area contributed by atoms with Gasteiger partial charge < -0.3 is 10.2 Å². The molecule has 0 spiro atoms. The van der Waals surface area contributed by atoms with Crippen molar-refractivity contribution in [3.05, 3.63) is 46.0 Å². The lowest BCUT2D eigenvalue weighted by Gasteiger charge is -2.33. The molecule has 3 heterocycles. The Hall–Kier alpha value is -2.65. The molecule has 10 heteroatoms. The van der Waals surface area contributed by atoms with Crippen LogP contribution in [0.15, 0.2) is 18.2 Å². The Morgan fingerprint density at radius 2 is 2.21 bits per heavy atom. The van der Waals surface area contributed by atoms with Crippen LogP contribution < -0.4 is 5.32 Å². The number of amides is 3. The molecule has 28 heavy (non-hydrogen) atoms. The molecule has 4 rings (SSSR count). The lowest BCUT2D eigenvalue weighted by Crippen LogP contribution is -2.45. The van der Waals surface area contributed by atoms with E-state index in [0.29, 0.717) is 31.0 Å². The van der Waals surface area contributed by atoms with Crippen molar-refractivity contribution in [2.75, 3.05) is 19.0 Å². The molecule has 1 aromatic heterocycles. The monoisotopic (exact) mass is 407 g/mol. The summed E-state index contributed by atoms with van der Waals surface area (Å²) in [5, 5.41) is 8.42. The maximum atomic E-state index is 13.3. The molecule has 8 nitrogen and oxygen atoms in total. The van der Waals surface area contributed by atoms with E-state index in [1.165, 1.54) is 23.3 Å². The lowest BCUT2D eigenvalue weighted by molar-refractivity contribution is -0.103. The number of hydrogen-bond acceptors (Lipinski definition) is 4. The molecule has 1 aromatic carbocycles. The lowest BCUT2D eigenvalue weighted by atomic mass is 9.99. The Labute approximate surface area is 165 Å². The topological polar surface area (TPSA) is 79.7 Å². The van der Waals surface area contributed by atoms with E-state index in [4.69, 9.17) is 16.4 Å². The zero-order valence-electron chi connectivity index (χ0n) is 15.4. The van der Waals surface area contributed by atoms with Crippen LogP contribution in [0, 0.1) is 5.82 Å². The highest BCUT2D eigenvalue weighted by atomic mass is 35.5. The van der Waals surface area contributed by atoms with Gasteiger partial charge in [0.2, 0.25) is 0 Å². The summed E-state index contributed by atoms with van der Waals surface area (Å²) in [5.74, 6) is -0.838. The van der Waals surface area contributed by atoms with Crippen LogP contribution in [0.5, 0.6) is 0 Å². The van der Waals surface area contributed by atoms with E-state index in [2.05, 4.69) is 10.4 Å². The number of rotatable bonds is 1. The van der Waals surface area contributed by atoms with E-state index >= 15 is 0 Å². The SMILES string of the molecule is CC1Cc2nn3c(c2CN1C(=O)Nc1ccc(F)c(Cl)c1)C(=O)N(C)OCC3. The van der Waals surface area contributed by atoms with Crippen molar-refractivity contribution in [1.29, 1.82) is 0 Å². The smallest absolute Gasteiger partial charge is 0.317 e. The molecule has 2 aliphatic rings. The molecule has 0 saturated heterocycles. The highest BCUT2D eigenvalue weighted by Gasteiger charge is 2.35. The molecular weight excluding hydrogens is 389 g/mol. The number of hydroxylamine groups is 2. The molecule has 148 valence electrons. The number of carbonyl (C=O) groups is 2. The summed E-state index contributed by atoms with van der Waals surface area (Å²) in [6, 6.07) is 3.53. The van der Waals surface area contributed by atoms with Crippen LogP contribution in [0.2, 0.25) is 5.02 Å². The molecule has 0 radical (unpaired) electrons. The Balaban J connectivity index is 1.60. The average Bonchev–Trinajstić information content (AvgIpc) is 2.93. The Kier molecular flexibility index (Phi) is 4.72. The van der Waals surface area contributed by atoms with Crippen LogP contribution in [-0.2, 0) is 24.3 Å². The van der Waals surface area contributed by atoms with Crippen molar-refractivity contribution >= 4 is 29.2 Å². The molecule has 0 aliphatic carbocycles. The van der Waals surface area contributed by atoms with E-state index in [-0.39, 0.29) is 29.5 Å². The zero-order chi connectivity index (χ0) is 20.0. The summed E-state index contributed by atoms with van der Waals surface area (Å²) in [4.78, 5) is 32.4. The molecule has 0 fully saturated rings. The van der Waals surface area contributed by atoms with Gasteiger partial charge in [-0.25, -0.2) is 14.2 Å². The molecule has 3 amide bonds. The number of halogens is 2. The normalized spacial score (nSPS) is 19.1. The van der Waals surface area contributed by atoms with Gasteiger partial charge >= 0.3 is 6.03 Å². The summed E-state index contributed by atoms with van der Waals surface area (Å²) in [6.07, 6.45) is 0.533. The first-order valence-corrected chi connectivity index (χ1v) is 9.25. The van der Waals surface area contributed by atoms with Crippen LogP contribution in [0.25, 0.3) is 0 Å². The second kappa shape index (κ2) is 7.06. The third-order valence-corrected chi connectivity index (χ3v) is 5.28. The Morgan fingerprint density at radius 3 is 2.96 bits per heavy atom. The number of aromatic nitrogens is 2. The van der Waals surface area contributed by atoms with Crippen LogP contribution in [0.4, 0.5) is 14.9 Å². The summed E-state index contributed by atoms with van der Waals surface area (Å²) >= 11 is 5.78. The number of benzene rings is 1. The van der Waals surface area contributed by atoms with Gasteiger partial charge in [0.15, 0.2) is 0 Å². The van der Waals surface area contributed by atoms with Crippen LogP contribution in [0.3, 0.4) is 0 Å². The first kappa shape index (κ1) is 18.7. The van der Waals surface area contributed by atoms with Crippen LogP contribution in [-0.4, -0.2) is 51.4 Å². The minimum absolute atomic E-state index is 0.0673. The number of nitrogens with zero attached hydrogens (tertiary/aromatic N) is 4. The molecule has 2 aromatic rings. The number of urea groups is 1. The fourth-order valence-corrected chi connectivity index (χ4v) is 3.69. The van der Waals surface area contributed by atoms with Crippen molar-refractivity contribution in [2.24, 2.45) is 0 Å². The van der Waals surface area contributed by atoms with Gasteiger partial charge in [0.1, 0.15) is 11.5 Å². The highest BCUT2D eigenvalue weighted by Crippen LogP contribution is 2.28. The molecule has 1 unspecified atom stereocenters. The van der Waals surface area contributed by atoms with Crippen molar-refractivity contribution in [2.45, 2.75) is 32.5 Å². The first-order valence-electron chi connectivity index (χ1n) is 8.87. The highest BCUT2D eigenvalue weighted by molar-refractivity contribution is 6.31. The summed E-state index contributed by atoms with van der Waals surface area (Å²) in [7, 11) is 1.56. The van der Waals surface area contributed by atoms with Crippen molar-refractivity contribution < 1.29 is 18.8 Å². The molecular formula is C18H19ClFN5O3. The van der Waals surface area contributed by atoms with Gasteiger partial charge in [-0.05, 0) is 25.1 Å². The molecule has 1 atom stereocenters. The van der Waals surface area contributed by atoms with Gasteiger partial charge in [-0.2, -0.15) is 5.10 Å². The van der Waals surface area contributed by atoms with Crippen molar-refractivity contribution in [1.82, 2.24) is 19.7 Å². The minimum Gasteiger partial charge on any atom is -0.317 e. The third-order valence-electron chi connectivity index (χ3n) is 4.99. The van der Waals surface area contributed by atoms with Crippen molar-refractivity contribution in [3.8, 4) is 0 Å². The number of fused-ring (bicyclic) bond motifs is 3. The summed E-state index contributed by atoms with van der Waals surface area (Å²) < 4.78 is 15.0. The third kappa shape index (κ3) is 3.20. The maximum absolute atomic E-state index is 13.3. The van der Waals surface area contributed by atoms with Gasteiger partial charge in [0, 0.05) is 30.8 Å². The fourth-order valence-electron chi connectivity index (χ4n) is 3.51. The van der Waals surface area contributed by atoms with E-state index in [9.17, 15) is 14.0 Å². The van der Waals surface area contributed by atoms with E-state index in [1.54, 1.807) is 16.6 Å². The Morgan fingerprint density at radius 1 is 1.43 bits per heavy atom. The van der Waals surface area contributed by atoms with E-state index in [1.807, 2.05) is 6.92 Å². The van der Waals surface area contributed by atoms with Crippen LogP contribution in [0.1, 0.15) is 28.7 Å². The van der Waals surface area contributed by atoms with Gasteiger partial charge in [0.05, 0.1) is 30.4 Å². The van der Waals surface area contributed by atoms with Gasteiger partial charge in [0.25, 0.3) is 5.91 Å². The van der Waals surface area contributed by atoms with Crippen LogP contribution >= 0.6 is 11.6 Å². The van der Waals surface area contributed by atoms with Gasteiger partial charge in [-0.1, -0.05) is 11.6 Å². The second-order valence-electron chi connectivity index (χ2n) is 6.87. The zero-order valence-corrected chi connectivity index (χ0v) is 16.2. The molecule has 2 aliphatic heterocycles. The second-order valence-corrected chi connectivity index (χ2v) is 7.28. The fraction of sp³-hybridized carbons (Fsp3) is 0.389. The quantitative estimate of drug-likeness (QED) is 0.788. The minimum atomic E-state index is -0.553. The molecule has 1 N–H and O–H groups in total. The summed E-state index contributed by atoms with van der Waals surface area (Å²) in [5.41, 5.74) is 2.39. The number of nitrogens with one attached hydrogen (secondary N) is 1.